The molecule has 0 aliphatic heterocycles. The van der Waals surface area contributed by atoms with Gasteiger partial charge < -0.3 is 9.84 Å². The molecule has 0 radical (unpaired) electrons. The Kier molecular flexibility index (Phi) is 5.15. The molecule has 1 aromatic heterocycles. The van der Waals surface area contributed by atoms with E-state index in [0.29, 0.717) is 11.7 Å². The van der Waals surface area contributed by atoms with Crippen LogP contribution in [0.25, 0.3) is 0 Å². The lowest BCUT2D eigenvalue weighted by Gasteiger charge is -2.24. The van der Waals surface area contributed by atoms with E-state index in [0.717, 1.165) is 12.1 Å². The fourth-order valence-corrected chi connectivity index (χ4v) is 2.50. The van der Waals surface area contributed by atoms with E-state index < -0.39 is 5.54 Å². The van der Waals surface area contributed by atoms with Crippen molar-refractivity contribution < 1.29 is 9.32 Å². The summed E-state index contributed by atoms with van der Waals surface area (Å²) >= 11 is 0. The summed E-state index contributed by atoms with van der Waals surface area (Å²) in [6, 6.07) is 9.93. The molecule has 0 aliphatic rings. The van der Waals surface area contributed by atoms with Crippen LogP contribution in [-0.2, 0) is 10.3 Å². The van der Waals surface area contributed by atoms with Crippen molar-refractivity contribution in [2.24, 2.45) is 0 Å². The molecule has 1 aromatic carbocycles. The third kappa shape index (κ3) is 3.96. The maximum atomic E-state index is 11.3. The maximum absolute atomic E-state index is 11.3. The van der Waals surface area contributed by atoms with Crippen molar-refractivity contribution >= 4 is 5.91 Å². The summed E-state index contributed by atoms with van der Waals surface area (Å²) in [6.45, 7) is 8.09. The molecule has 0 saturated carbocycles. The van der Waals surface area contributed by atoms with E-state index in [1.54, 1.807) is 0 Å². The molecule has 1 N–H and O–H groups in total. The average Bonchev–Trinajstić information content (AvgIpc) is 2.97. The zero-order valence-corrected chi connectivity index (χ0v) is 14.3. The van der Waals surface area contributed by atoms with Gasteiger partial charge in [-0.05, 0) is 33.0 Å². The minimum Gasteiger partial charge on any atom is -0.344 e. The highest BCUT2D eigenvalue weighted by Gasteiger charge is 2.31. The average molecular weight is 316 g/mol. The molecule has 124 valence electrons. The molecule has 0 saturated heterocycles. The Hall–Kier alpha value is -2.21. The molecule has 0 bridgehead atoms. The van der Waals surface area contributed by atoms with Crippen LogP contribution in [0.2, 0.25) is 0 Å². The quantitative estimate of drug-likeness (QED) is 0.886. The maximum Gasteiger partial charge on any atom is 0.248 e. The second-order valence-corrected chi connectivity index (χ2v) is 6.15. The number of carbonyl (C=O) groups excluding carboxylic acids is 1. The van der Waals surface area contributed by atoms with Crippen LogP contribution < -0.4 is 5.32 Å². The van der Waals surface area contributed by atoms with E-state index >= 15 is 0 Å². The van der Waals surface area contributed by atoms with Crippen LogP contribution in [0.1, 0.15) is 51.0 Å². The number of amides is 1. The molecule has 1 heterocycles. The Morgan fingerprint density at radius 3 is 2.57 bits per heavy atom. The molecule has 6 heteroatoms. The van der Waals surface area contributed by atoms with Gasteiger partial charge in [-0.15, -0.1) is 0 Å². The van der Waals surface area contributed by atoms with E-state index in [9.17, 15) is 4.79 Å². The van der Waals surface area contributed by atoms with Crippen LogP contribution in [0.15, 0.2) is 34.9 Å². The van der Waals surface area contributed by atoms with Crippen molar-refractivity contribution in [1.29, 1.82) is 0 Å². The SMILES string of the molecule is CCN(C)[C@@H](c1ccccc1)c1nc(C(C)(C)NC(C)=O)no1. The summed E-state index contributed by atoms with van der Waals surface area (Å²) in [5.41, 5.74) is 0.406. The Morgan fingerprint density at radius 1 is 1.35 bits per heavy atom. The molecule has 1 amide bonds. The first-order chi connectivity index (χ1) is 10.8. The van der Waals surface area contributed by atoms with Gasteiger partial charge in [-0.25, -0.2) is 0 Å². The highest BCUT2D eigenvalue weighted by atomic mass is 16.5. The summed E-state index contributed by atoms with van der Waals surface area (Å²) in [6.07, 6.45) is 0. The highest BCUT2D eigenvalue weighted by Crippen LogP contribution is 2.27. The number of hydrogen-bond acceptors (Lipinski definition) is 5. The number of nitrogens with one attached hydrogen (secondary N) is 1. The van der Waals surface area contributed by atoms with Crippen molar-refractivity contribution in [1.82, 2.24) is 20.4 Å². The number of rotatable bonds is 6. The number of aromatic nitrogens is 2. The van der Waals surface area contributed by atoms with E-state index in [1.165, 1.54) is 6.92 Å². The summed E-state index contributed by atoms with van der Waals surface area (Å²) in [7, 11) is 2.01. The van der Waals surface area contributed by atoms with Crippen molar-refractivity contribution in [2.75, 3.05) is 13.6 Å². The lowest BCUT2D eigenvalue weighted by molar-refractivity contribution is -0.120. The summed E-state index contributed by atoms with van der Waals surface area (Å²) < 4.78 is 5.52. The van der Waals surface area contributed by atoms with Crippen molar-refractivity contribution in [3.8, 4) is 0 Å². The van der Waals surface area contributed by atoms with Crippen LogP contribution in [0.3, 0.4) is 0 Å². The lowest BCUT2D eigenvalue weighted by atomic mass is 10.0. The van der Waals surface area contributed by atoms with Crippen molar-refractivity contribution in [2.45, 2.75) is 39.3 Å². The van der Waals surface area contributed by atoms with E-state index in [2.05, 4.69) is 27.3 Å². The molecule has 0 aliphatic carbocycles. The third-order valence-corrected chi connectivity index (χ3v) is 3.78. The summed E-state index contributed by atoms with van der Waals surface area (Å²) in [5, 5.41) is 6.91. The van der Waals surface area contributed by atoms with E-state index in [4.69, 9.17) is 4.52 Å². The van der Waals surface area contributed by atoms with Crippen molar-refractivity contribution in [3.05, 3.63) is 47.6 Å². The van der Waals surface area contributed by atoms with E-state index in [1.807, 2.05) is 51.2 Å². The van der Waals surface area contributed by atoms with Gasteiger partial charge in [-0.2, -0.15) is 4.98 Å². The number of carbonyl (C=O) groups is 1. The van der Waals surface area contributed by atoms with Gasteiger partial charge in [0.2, 0.25) is 11.8 Å². The fraction of sp³-hybridized carbons (Fsp3) is 0.471. The summed E-state index contributed by atoms with van der Waals surface area (Å²) in [4.78, 5) is 18.0. The molecule has 0 spiro atoms. The van der Waals surface area contributed by atoms with Crippen LogP contribution in [0, 0.1) is 0 Å². The normalized spacial score (nSPS) is 13.1. The second-order valence-electron chi connectivity index (χ2n) is 6.15. The number of hydrogen-bond donors (Lipinski definition) is 1. The molecule has 2 aromatic rings. The molecule has 23 heavy (non-hydrogen) atoms. The zero-order valence-electron chi connectivity index (χ0n) is 14.3. The largest absolute Gasteiger partial charge is 0.344 e. The van der Waals surface area contributed by atoms with Crippen molar-refractivity contribution in [3.63, 3.8) is 0 Å². The second kappa shape index (κ2) is 6.91. The topological polar surface area (TPSA) is 71.3 Å². The first-order valence-corrected chi connectivity index (χ1v) is 7.73. The van der Waals surface area contributed by atoms with E-state index in [-0.39, 0.29) is 11.9 Å². The molecule has 2 rings (SSSR count). The molecule has 6 nitrogen and oxygen atoms in total. The van der Waals surface area contributed by atoms with Crippen LogP contribution in [0.4, 0.5) is 0 Å². The van der Waals surface area contributed by atoms with Gasteiger partial charge in [-0.3, -0.25) is 9.69 Å². The van der Waals surface area contributed by atoms with Gasteiger partial charge in [0, 0.05) is 6.92 Å². The lowest BCUT2D eigenvalue weighted by Crippen LogP contribution is -2.40. The number of nitrogens with zero attached hydrogens (tertiary/aromatic N) is 3. The first kappa shape index (κ1) is 17.1. The monoisotopic (exact) mass is 316 g/mol. The van der Waals surface area contributed by atoms with Gasteiger partial charge in [0.25, 0.3) is 0 Å². The first-order valence-electron chi connectivity index (χ1n) is 7.73. The predicted molar refractivity (Wildman–Crippen MR) is 87.7 cm³/mol. The third-order valence-electron chi connectivity index (χ3n) is 3.78. The smallest absolute Gasteiger partial charge is 0.248 e. The molecular formula is C17H24N4O2. The number of benzene rings is 1. The Morgan fingerprint density at radius 2 is 2.00 bits per heavy atom. The predicted octanol–water partition coefficient (Wildman–Crippen LogP) is 2.48. The Bertz CT molecular complexity index is 652. The molecule has 0 unspecified atom stereocenters. The Labute approximate surface area is 136 Å². The summed E-state index contributed by atoms with van der Waals surface area (Å²) in [5.74, 6) is 0.855. The minimum atomic E-state index is -0.681. The molecular weight excluding hydrogens is 292 g/mol. The van der Waals surface area contributed by atoms with Gasteiger partial charge in [0.15, 0.2) is 5.82 Å². The van der Waals surface area contributed by atoms with Gasteiger partial charge >= 0.3 is 0 Å². The molecule has 1 atom stereocenters. The van der Waals surface area contributed by atoms with Gasteiger partial charge in [-0.1, -0.05) is 42.4 Å². The van der Waals surface area contributed by atoms with Crippen LogP contribution in [-0.4, -0.2) is 34.5 Å². The van der Waals surface area contributed by atoms with Gasteiger partial charge in [0.1, 0.15) is 6.04 Å². The van der Waals surface area contributed by atoms with Crippen LogP contribution >= 0.6 is 0 Å². The highest BCUT2D eigenvalue weighted by molar-refractivity contribution is 5.73. The molecule has 0 fully saturated rings. The zero-order chi connectivity index (χ0) is 17.0. The minimum absolute atomic E-state index is 0.115. The van der Waals surface area contributed by atoms with Gasteiger partial charge in [0.05, 0.1) is 5.54 Å². The standard InChI is InChI=1S/C17H24N4O2/c1-6-21(5)14(13-10-8-7-9-11-13)15-18-16(20-23-15)17(3,4)19-12(2)22/h7-11,14H,6H2,1-5H3,(H,19,22)/t14-/m0/s1. The van der Waals surface area contributed by atoms with Crippen LogP contribution in [0.5, 0.6) is 0 Å². The Balaban J connectivity index is 2.37. The fourth-order valence-electron chi connectivity index (χ4n) is 2.50.